The van der Waals surface area contributed by atoms with E-state index in [-0.39, 0.29) is 5.91 Å². The quantitative estimate of drug-likeness (QED) is 0.381. The highest BCUT2D eigenvalue weighted by atomic mass is 16.5. The van der Waals surface area contributed by atoms with Gasteiger partial charge in [-0.05, 0) is 48.7 Å². The van der Waals surface area contributed by atoms with E-state index < -0.39 is 0 Å². The van der Waals surface area contributed by atoms with Crippen molar-refractivity contribution in [2.24, 2.45) is 0 Å². The number of pyridine rings is 1. The minimum absolute atomic E-state index is 0.0644. The van der Waals surface area contributed by atoms with Gasteiger partial charge in [-0.3, -0.25) is 4.79 Å². The first-order valence-corrected chi connectivity index (χ1v) is 11.2. The first kappa shape index (κ1) is 22.5. The van der Waals surface area contributed by atoms with Crippen molar-refractivity contribution in [3.63, 3.8) is 0 Å². The maximum atomic E-state index is 13.6. The molecule has 3 aromatic rings. The molecule has 0 saturated heterocycles. The Kier molecular flexibility index (Phi) is 8.22. The molecule has 0 aliphatic rings. The number of fused-ring (bicyclic) bond motifs is 1. The van der Waals surface area contributed by atoms with Gasteiger partial charge in [-0.2, -0.15) is 0 Å². The molecule has 0 N–H and O–H groups in total. The lowest BCUT2D eigenvalue weighted by Crippen LogP contribution is -2.33. The van der Waals surface area contributed by atoms with Crippen molar-refractivity contribution in [1.82, 2.24) is 9.88 Å². The predicted molar refractivity (Wildman–Crippen MR) is 129 cm³/mol. The van der Waals surface area contributed by atoms with Gasteiger partial charge in [0.2, 0.25) is 0 Å². The Balaban J connectivity index is 1.99. The minimum Gasteiger partial charge on any atom is -0.497 e. The zero-order chi connectivity index (χ0) is 22.1. The maximum absolute atomic E-state index is 13.6. The fraction of sp³-hybridized carbons (Fsp3) is 0.333. The third kappa shape index (κ3) is 5.94. The molecule has 31 heavy (non-hydrogen) atoms. The topological polar surface area (TPSA) is 42.4 Å². The Morgan fingerprint density at radius 2 is 1.65 bits per heavy atom. The summed E-state index contributed by atoms with van der Waals surface area (Å²) in [6.45, 7) is 5.87. The summed E-state index contributed by atoms with van der Waals surface area (Å²) in [4.78, 5) is 20.4. The van der Waals surface area contributed by atoms with Gasteiger partial charge in [-0.1, -0.05) is 63.1 Å². The summed E-state index contributed by atoms with van der Waals surface area (Å²) in [5.74, 6) is 0.883. The van der Waals surface area contributed by atoms with Crippen molar-refractivity contribution in [1.29, 1.82) is 0 Å². The monoisotopic (exact) mass is 416 g/mol. The lowest BCUT2D eigenvalue weighted by atomic mass is 10.1. The molecule has 0 aliphatic heterocycles. The first-order chi connectivity index (χ1) is 15.2. The van der Waals surface area contributed by atoms with Crippen LogP contribution in [0, 0.1) is 0 Å². The lowest BCUT2D eigenvalue weighted by molar-refractivity contribution is 0.0750. The average Bonchev–Trinajstić information content (AvgIpc) is 2.82. The zero-order valence-corrected chi connectivity index (χ0v) is 18.8. The van der Waals surface area contributed by atoms with E-state index in [1.165, 1.54) is 0 Å². The van der Waals surface area contributed by atoms with Crippen molar-refractivity contribution >= 4 is 29.0 Å². The van der Waals surface area contributed by atoms with Gasteiger partial charge in [0.25, 0.3) is 5.91 Å². The number of amides is 1. The molecule has 2 aromatic carbocycles. The van der Waals surface area contributed by atoms with Crippen LogP contribution in [-0.4, -0.2) is 36.0 Å². The summed E-state index contributed by atoms with van der Waals surface area (Å²) in [5, 5.41) is 0.985. The Morgan fingerprint density at radius 3 is 2.29 bits per heavy atom. The predicted octanol–water partition coefficient (Wildman–Crippen LogP) is 6.46. The molecular formula is C27H32N2O2. The molecule has 0 atom stereocenters. The molecule has 1 heterocycles. The van der Waals surface area contributed by atoms with Crippen LogP contribution in [0.25, 0.3) is 23.1 Å². The van der Waals surface area contributed by atoms with Crippen LogP contribution in [0.5, 0.6) is 5.75 Å². The third-order valence-electron chi connectivity index (χ3n) is 5.38. The van der Waals surface area contributed by atoms with E-state index in [4.69, 9.17) is 9.72 Å². The molecule has 0 unspecified atom stereocenters. The minimum atomic E-state index is 0.0644. The van der Waals surface area contributed by atoms with Crippen molar-refractivity contribution in [2.75, 3.05) is 20.2 Å². The molecule has 4 heteroatoms. The van der Waals surface area contributed by atoms with Crippen LogP contribution in [0.3, 0.4) is 0 Å². The van der Waals surface area contributed by atoms with Gasteiger partial charge in [0.05, 0.1) is 23.9 Å². The molecule has 1 aromatic heterocycles. The summed E-state index contributed by atoms with van der Waals surface area (Å²) < 4.78 is 5.23. The van der Waals surface area contributed by atoms with Gasteiger partial charge in [0.15, 0.2) is 0 Å². The molecule has 0 radical (unpaired) electrons. The van der Waals surface area contributed by atoms with E-state index in [9.17, 15) is 4.79 Å². The number of carbonyl (C=O) groups is 1. The van der Waals surface area contributed by atoms with Crippen LogP contribution < -0.4 is 4.74 Å². The molecule has 0 fully saturated rings. The highest BCUT2D eigenvalue weighted by Gasteiger charge is 2.19. The molecule has 3 rings (SSSR count). The van der Waals surface area contributed by atoms with Crippen LogP contribution >= 0.6 is 0 Å². The van der Waals surface area contributed by atoms with Crippen LogP contribution in [0.4, 0.5) is 0 Å². The Bertz CT molecular complexity index is 1020. The third-order valence-corrected chi connectivity index (χ3v) is 5.38. The second kappa shape index (κ2) is 11.3. The largest absolute Gasteiger partial charge is 0.497 e. The second-order valence-corrected chi connectivity index (χ2v) is 7.72. The van der Waals surface area contributed by atoms with Gasteiger partial charge < -0.3 is 9.64 Å². The number of carbonyl (C=O) groups excluding carboxylic acids is 1. The van der Waals surface area contributed by atoms with E-state index in [0.717, 1.165) is 61.0 Å². The van der Waals surface area contributed by atoms with Crippen molar-refractivity contribution in [3.8, 4) is 5.75 Å². The van der Waals surface area contributed by atoms with Gasteiger partial charge in [-0.25, -0.2) is 4.98 Å². The first-order valence-electron chi connectivity index (χ1n) is 11.2. The molecule has 0 bridgehead atoms. The van der Waals surface area contributed by atoms with E-state index in [1.807, 2.05) is 71.6 Å². The van der Waals surface area contributed by atoms with Crippen LogP contribution in [0.1, 0.15) is 61.1 Å². The number of unbranched alkanes of at least 4 members (excludes halogenated alkanes) is 2. The standard InChI is InChI=1S/C27H32N2O2/c1-4-6-18-29(19-7-5-2)27(30)24-20-22-10-8-9-11-25(22)28-26(24)17-14-21-12-15-23(31-3)16-13-21/h8-17,20H,4-7,18-19H2,1-3H3/b17-14+. The molecule has 0 spiro atoms. The Morgan fingerprint density at radius 1 is 0.968 bits per heavy atom. The van der Waals surface area contributed by atoms with Crippen molar-refractivity contribution < 1.29 is 9.53 Å². The van der Waals surface area contributed by atoms with Crippen molar-refractivity contribution in [3.05, 3.63) is 71.4 Å². The average molecular weight is 417 g/mol. The van der Waals surface area contributed by atoms with E-state index >= 15 is 0 Å². The second-order valence-electron chi connectivity index (χ2n) is 7.72. The maximum Gasteiger partial charge on any atom is 0.256 e. The lowest BCUT2D eigenvalue weighted by Gasteiger charge is -2.23. The number of benzene rings is 2. The van der Waals surface area contributed by atoms with E-state index in [1.54, 1.807) is 7.11 Å². The fourth-order valence-corrected chi connectivity index (χ4v) is 3.50. The Hall–Kier alpha value is -3.14. The van der Waals surface area contributed by atoms with Gasteiger partial charge in [0, 0.05) is 18.5 Å². The molecule has 1 amide bonds. The number of hydrogen-bond donors (Lipinski definition) is 0. The van der Waals surface area contributed by atoms with Gasteiger partial charge in [0.1, 0.15) is 5.75 Å². The highest BCUT2D eigenvalue weighted by Crippen LogP contribution is 2.22. The van der Waals surface area contributed by atoms with Gasteiger partial charge in [-0.15, -0.1) is 0 Å². The smallest absolute Gasteiger partial charge is 0.256 e. The van der Waals surface area contributed by atoms with Crippen LogP contribution in [0.2, 0.25) is 0 Å². The molecule has 0 saturated carbocycles. The molecule has 162 valence electrons. The summed E-state index contributed by atoms with van der Waals surface area (Å²) in [6.07, 6.45) is 8.09. The number of aromatic nitrogens is 1. The number of para-hydroxylation sites is 1. The van der Waals surface area contributed by atoms with E-state index in [2.05, 4.69) is 13.8 Å². The van der Waals surface area contributed by atoms with Crippen molar-refractivity contribution in [2.45, 2.75) is 39.5 Å². The Labute approximate surface area is 185 Å². The zero-order valence-electron chi connectivity index (χ0n) is 18.8. The normalized spacial score (nSPS) is 11.2. The molecule has 4 nitrogen and oxygen atoms in total. The highest BCUT2D eigenvalue weighted by molar-refractivity contribution is 6.01. The summed E-state index contributed by atoms with van der Waals surface area (Å²) >= 11 is 0. The van der Waals surface area contributed by atoms with Gasteiger partial charge >= 0.3 is 0 Å². The summed E-state index contributed by atoms with van der Waals surface area (Å²) in [5.41, 5.74) is 3.29. The van der Waals surface area contributed by atoms with E-state index in [0.29, 0.717) is 11.3 Å². The fourth-order valence-electron chi connectivity index (χ4n) is 3.50. The number of hydrogen-bond acceptors (Lipinski definition) is 3. The number of nitrogens with zero attached hydrogens (tertiary/aromatic N) is 2. The summed E-state index contributed by atoms with van der Waals surface area (Å²) in [6, 6.07) is 17.8. The number of methoxy groups -OCH3 is 1. The SMILES string of the molecule is CCCCN(CCCC)C(=O)c1cc2ccccc2nc1/C=C/c1ccc(OC)cc1. The van der Waals surface area contributed by atoms with Crippen LogP contribution in [0.15, 0.2) is 54.6 Å². The number of rotatable bonds is 10. The molecular weight excluding hydrogens is 384 g/mol. The summed E-state index contributed by atoms with van der Waals surface area (Å²) in [7, 11) is 1.66. The molecule has 0 aliphatic carbocycles. The number of ether oxygens (including phenoxy) is 1. The van der Waals surface area contributed by atoms with Crippen LogP contribution in [-0.2, 0) is 0 Å².